The third-order valence-electron chi connectivity index (χ3n) is 3.89. The summed E-state index contributed by atoms with van der Waals surface area (Å²) in [7, 11) is 0. The molecular formula is C16H28N2O3. The molecule has 0 aromatic heterocycles. The van der Waals surface area contributed by atoms with Gasteiger partial charge in [0.1, 0.15) is 11.3 Å². The molecule has 0 N–H and O–H groups in total. The lowest BCUT2D eigenvalue weighted by molar-refractivity contribution is -0.0568. The highest BCUT2D eigenvalue weighted by molar-refractivity contribution is 5.71. The van der Waals surface area contributed by atoms with Gasteiger partial charge in [0.15, 0.2) is 0 Å². The van der Waals surface area contributed by atoms with E-state index in [0.717, 1.165) is 12.2 Å². The molecule has 2 fully saturated rings. The van der Waals surface area contributed by atoms with Crippen LogP contribution in [0.3, 0.4) is 0 Å². The molecule has 2 saturated heterocycles. The topological polar surface area (TPSA) is 42.0 Å². The number of ether oxygens (including phenoxy) is 2. The molecule has 0 saturated carbocycles. The first-order valence-electron chi connectivity index (χ1n) is 7.74. The number of amides is 1. The molecule has 0 aromatic rings. The minimum Gasteiger partial charge on any atom is -0.443 e. The van der Waals surface area contributed by atoms with Crippen LogP contribution in [0, 0.1) is 0 Å². The van der Waals surface area contributed by atoms with Crippen LogP contribution in [-0.4, -0.2) is 46.4 Å². The second-order valence-corrected chi connectivity index (χ2v) is 7.40. The average Bonchev–Trinajstić information content (AvgIpc) is 2.81. The standard InChI is InChI=1S/C16H28N2O3/c1-12-8-7-9-17(12)10-13-11-20-16(5,6)18(13)14(19)21-15(2,3)4/h10,12H,7-9,11H2,1-6H3/b13-10+/t12-/m1/s1. The average molecular weight is 296 g/mol. The third kappa shape index (κ3) is 3.70. The van der Waals surface area contributed by atoms with E-state index in [1.807, 2.05) is 34.6 Å². The van der Waals surface area contributed by atoms with Gasteiger partial charge in [0, 0.05) is 18.8 Å². The molecule has 2 heterocycles. The second kappa shape index (κ2) is 5.52. The molecule has 0 radical (unpaired) electrons. The van der Waals surface area contributed by atoms with Crippen molar-refractivity contribution in [2.45, 2.75) is 71.8 Å². The van der Waals surface area contributed by atoms with Crippen molar-refractivity contribution in [1.82, 2.24) is 9.80 Å². The molecule has 1 amide bonds. The zero-order valence-corrected chi connectivity index (χ0v) is 14.1. The molecule has 2 rings (SSSR count). The summed E-state index contributed by atoms with van der Waals surface area (Å²) < 4.78 is 11.3. The minimum atomic E-state index is -0.670. The van der Waals surface area contributed by atoms with E-state index in [1.54, 1.807) is 4.90 Å². The van der Waals surface area contributed by atoms with Crippen molar-refractivity contribution in [1.29, 1.82) is 0 Å². The Morgan fingerprint density at radius 1 is 1.43 bits per heavy atom. The zero-order valence-electron chi connectivity index (χ0n) is 14.1. The first-order valence-corrected chi connectivity index (χ1v) is 7.74. The van der Waals surface area contributed by atoms with E-state index in [9.17, 15) is 4.79 Å². The highest BCUT2D eigenvalue weighted by atomic mass is 16.6. The molecule has 0 bridgehead atoms. The smallest absolute Gasteiger partial charge is 0.417 e. The Bertz CT molecular complexity index is 437. The van der Waals surface area contributed by atoms with E-state index < -0.39 is 11.3 Å². The van der Waals surface area contributed by atoms with Gasteiger partial charge in [-0.05, 0) is 54.4 Å². The van der Waals surface area contributed by atoms with E-state index in [1.165, 1.54) is 12.8 Å². The van der Waals surface area contributed by atoms with E-state index in [-0.39, 0.29) is 6.09 Å². The van der Waals surface area contributed by atoms with Crippen molar-refractivity contribution in [2.24, 2.45) is 0 Å². The number of carbonyl (C=O) groups is 1. The number of nitrogens with zero attached hydrogens (tertiary/aromatic N) is 2. The van der Waals surface area contributed by atoms with Crippen molar-refractivity contribution in [3.8, 4) is 0 Å². The Kier molecular flexibility index (Phi) is 4.24. The summed E-state index contributed by atoms with van der Waals surface area (Å²) >= 11 is 0. The van der Waals surface area contributed by atoms with Gasteiger partial charge in [-0.3, -0.25) is 0 Å². The van der Waals surface area contributed by atoms with Crippen LogP contribution in [-0.2, 0) is 9.47 Å². The molecule has 21 heavy (non-hydrogen) atoms. The third-order valence-corrected chi connectivity index (χ3v) is 3.89. The van der Waals surface area contributed by atoms with Crippen molar-refractivity contribution in [3.63, 3.8) is 0 Å². The normalized spacial score (nSPS) is 27.5. The maximum absolute atomic E-state index is 12.5. The molecule has 1 atom stereocenters. The van der Waals surface area contributed by atoms with Crippen LogP contribution in [0.15, 0.2) is 11.9 Å². The predicted molar refractivity (Wildman–Crippen MR) is 81.6 cm³/mol. The summed E-state index contributed by atoms with van der Waals surface area (Å²) in [6.45, 7) is 13.1. The Labute approximate surface area is 127 Å². The first-order chi connectivity index (χ1) is 9.60. The van der Waals surface area contributed by atoms with Gasteiger partial charge in [-0.2, -0.15) is 0 Å². The lowest BCUT2D eigenvalue weighted by Crippen LogP contribution is -2.45. The molecule has 5 nitrogen and oxygen atoms in total. The summed E-state index contributed by atoms with van der Waals surface area (Å²) in [6.07, 6.45) is 4.11. The predicted octanol–water partition coefficient (Wildman–Crippen LogP) is 3.32. The first kappa shape index (κ1) is 16.1. The molecule has 0 aromatic carbocycles. The monoisotopic (exact) mass is 296 g/mol. The number of rotatable bonds is 1. The second-order valence-electron chi connectivity index (χ2n) is 7.40. The molecular weight excluding hydrogens is 268 g/mol. The van der Waals surface area contributed by atoms with Crippen molar-refractivity contribution < 1.29 is 14.3 Å². The zero-order chi connectivity index (χ0) is 15.8. The largest absolute Gasteiger partial charge is 0.443 e. The van der Waals surface area contributed by atoms with Crippen molar-refractivity contribution in [2.75, 3.05) is 13.2 Å². The molecule has 0 unspecified atom stereocenters. The van der Waals surface area contributed by atoms with Gasteiger partial charge in [0.25, 0.3) is 0 Å². The fourth-order valence-corrected chi connectivity index (χ4v) is 2.80. The van der Waals surface area contributed by atoms with Gasteiger partial charge < -0.3 is 14.4 Å². The minimum absolute atomic E-state index is 0.344. The van der Waals surface area contributed by atoms with Gasteiger partial charge >= 0.3 is 6.09 Å². The van der Waals surface area contributed by atoms with E-state index in [2.05, 4.69) is 18.0 Å². The molecule has 2 aliphatic rings. The van der Waals surface area contributed by atoms with Gasteiger partial charge in [-0.15, -0.1) is 0 Å². The highest BCUT2D eigenvalue weighted by Gasteiger charge is 2.43. The van der Waals surface area contributed by atoms with Crippen LogP contribution in [0.5, 0.6) is 0 Å². The summed E-state index contributed by atoms with van der Waals surface area (Å²) in [5.74, 6) is 0. The van der Waals surface area contributed by atoms with Gasteiger partial charge in [-0.1, -0.05) is 0 Å². The lowest BCUT2D eigenvalue weighted by Gasteiger charge is -2.33. The molecule has 0 aliphatic carbocycles. The maximum atomic E-state index is 12.5. The van der Waals surface area contributed by atoms with Crippen LogP contribution in [0.1, 0.15) is 54.4 Å². The summed E-state index contributed by atoms with van der Waals surface area (Å²) in [4.78, 5) is 16.4. The van der Waals surface area contributed by atoms with Crippen LogP contribution in [0.4, 0.5) is 4.79 Å². The van der Waals surface area contributed by atoms with E-state index in [4.69, 9.17) is 9.47 Å². The summed E-state index contributed by atoms with van der Waals surface area (Å²) in [6, 6.07) is 0.515. The maximum Gasteiger partial charge on any atom is 0.417 e. The van der Waals surface area contributed by atoms with Crippen LogP contribution in [0.25, 0.3) is 0 Å². The number of hydrogen-bond acceptors (Lipinski definition) is 4. The van der Waals surface area contributed by atoms with Crippen molar-refractivity contribution >= 4 is 6.09 Å². The quantitative estimate of drug-likeness (QED) is 0.744. The van der Waals surface area contributed by atoms with E-state index in [0.29, 0.717) is 12.6 Å². The molecule has 2 aliphatic heterocycles. The lowest BCUT2D eigenvalue weighted by atomic mass is 10.2. The SMILES string of the molecule is C[C@@H]1CCCN1/C=C1\COC(C)(C)N1C(=O)OC(C)(C)C. The molecule has 120 valence electrons. The Balaban J connectivity index is 2.20. The number of carbonyl (C=O) groups excluding carboxylic acids is 1. The highest BCUT2D eigenvalue weighted by Crippen LogP contribution is 2.32. The van der Waals surface area contributed by atoms with Gasteiger partial charge in [0.05, 0.1) is 12.3 Å². The summed E-state index contributed by atoms with van der Waals surface area (Å²) in [5, 5.41) is 0. The van der Waals surface area contributed by atoms with Gasteiger partial charge in [-0.25, -0.2) is 9.69 Å². The van der Waals surface area contributed by atoms with E-state index >= 15 is 0 Å². The van der Waals surface area contributed by atoms with Crippen LogP contribution < -0.4 is 0 Å². The molecule has 0 spiro atoms. The van der Waals surface area contributed by atoms with Crippen LogP contribution in [0.2, 0.25) is 0 Å². The number of likely N-dealkylation sites (tertiary alicyclic amines) is 1. The van der Waals surface area contributed by atoms with Crippen molar-refractivity contribution in [3.05, 3.63) is 11.9 Å². The van der Waals surface area contributed by atoms with Gasteiger partial charge in [0.2, 0.25) is 0 Å². The summed E-state index contributed by atoms with van der Waals surface area (Å²) in [5.41, 5.74) is -0.304. The Morgan fingerprint density at radius 3 is 2.62 bits per heavy atom. The Hall–Kier alpha value is -1.23. The fraction of sp³-hybridized carbons (Fsp3) is 0.812. The van der Waals surface area contributed by atoms with Crippen LogP contribution >= 0.6 is 0 Å². The fourth-order valence-electron chi connectivity index (χ4n) is 2.80. The molecule has 5 heteroatoms. The number of hydrogen-bond donors (Lipinski definition) is 0. The Morgan fingerprint density at radius 2 is 2.10 bits per heavy atom.